The predicted octanol–water partition coefficient (Wildman–Crippen LogP) is 4.48. The second kappa shape index (κ2) is 10.7. The van der Waals surface area contributed by atoms with Gasteiger partial charge < -0.3 is 15.0 Å². The van der Waals surface area contributed by atoms with Crippen molar-refractivity contribution in [1.29, 1.82) is 0 Å². The lowest BCUT2D eigenvalue weighted by atomic mass is 9.92. The Balaban J connectivity index is 1.38. The van der Waals surface area contributed by atoms with E-state index in [9.17, 15) is 9.59 Å². The van der Waals surface area contributed by atoms with Crippen LogP contribution in [0.25, 0.3) is 0 Å². The number of rotatable bonds is 6. The third-order valence-corrected chi connectivity index (χ3v) is 8.13. The highest BCUT2D eigenvalue weighted by molar-refractivity contribution is 6.31. The zero-order chi connectivity index (χ0) is 23.5. The van der Waals surface area contributed by atoms with E-state index in [0.717, 1.165) is 68.9 Å². The average molecular weight is 476 g/mol. The molecule has 7 heteroatoms. The molecule has 0 aromatic heterocycles. The fourth-order valence-electron chi connectivity index (χ4n) is 5.59. The highest BCUT2D eigenvalue weighted by atomic mass is 35.5. The molecule has 2 saturated heterocycles. The lowest BCUT2D eigenvalue weighted by molar-refractivity contribution is -0.140. The minimum Gasteiger partial charge on any atom is -0.381 e. The van der Waals surface area contributed by atoms with E-state index < -0.39 is 0 Å². The number of hydrogen-bond acceptors (Lipinski definition) is 4. The van der Waals surface area contributed by atoms with Crippen LogP contribution in [0.5, 0.6) is 0 Å². The zero-order valence-electron chi connectivity index (χ0n) is 20.2. The van der Waals surface area contributed by atoms with Gasteiger partial charge in [0, 0.05) is 61.4 Å². The SMILES string of the molecule is Cc1c(CN2CCN(C(=O)C3CCCC3)C(C)C2)cc(Cl)cc1NC(=O)C(C)C1CCOC1. The van der Waals surface area contributed by atoms with Gasteiger partial charge in [-0.3, -0.25) is 14.5 Å². The van der Waals surface area contributed by atoms with Gasteiger partial charge in [0.25, 0.3) is 0 Å². The quantitative estimate of drug-likeness (QED) is 0.658. The molecule has 1 aromatic rings. The number of nitrogens with one attached hydrogen (secondary N) is 1. The number of amides is 2. The van der Waals surface area contributed by atoms with Crippen LogP contribution in [0, 0.1) is 24.7 Å². The van der Waals surface area contributed by atoms with Gasteiger partial charge >= 0.3 is 0 Å². The molecule has 2 heterocycles. The van der Waals surface area contributed by atoms with E-state index in [1.807, 2.05) is 26.0 Å². The normalized spacial score (nSPS) is 25.4. The Kier molecular flexibility index (Phi) is 7.98. The number of hydrogen-bond donors (Lipinski definition) is 1. The largest absolute Gasteiger partial charge is 0.381 e. The molecule has 1 saturated carbocycles. The zero-order valence-corrected chi connectivity index (χ0v) is 21.0. The van der Waals surface area contributed by atoms with Crippen LogP contribution in [0.4, 0.5) is 5.69 Å². The van der Waals surface area contributed by atoms with Crippen LogP contribution >= 0.6 is 11.6 Å². The number of anilines is 1. The molecule has 0 bridgehead atoms. The third-order valence-electron chi connectivity index (χ3n) is 7.92. The molecular formula is C26H38ClN3O3. The molecule has 3 aliphatic rings. The highest BCUT2D eigenvalue weighted by Gasteiger charge is 2.33. The summed E-state index contributed by atoms with van der Waals surface area (Å²) in [6.45, 7) is 10.8. The van der Waals surface area contributed by atoms with Gasteiger partial charge in [0.2, 0.25) is 11.8 Å². The molecule has 1 aliphatic carbocycles. The summed E-state index contributed by atoms with van der Waals surface area (Å²) in [6.07, 6.45) is 5.40. The summed E-state index contributed by atoms with van der Waals surface area (Å²) in [5.74, 6) is 0.785. The van der Waals surface area contributed by atoms with Gasteiger partial charge in [0.05, 0.1) is 6.61 Å². The summed E-state index contributed by atoms with van der Waals surface area (Å²) in [4.78, 5) is 30.3. The molecule has 1 N–H and O–H groups in total. The smallest absolute Gasteiger partial charge is 0.227 e. The predicted molar refractivity (Wildman–Crippen MR) is 131 cm³/mol. The Morgan fingerprint density at radius 1 is 1.21 bits per heavy atom. The van der Waals surface area contributed by atoms with Crippen molar-refractivity contribution < 1.29 is 14.3 Å². The minimum atomic E-state index is -0.0966. The van der Waals surface area contributed by atoms with Crippen LogP contribution in [0.2, 0.25) is 5.02 Å². The lowest BCUT2D eigenvalue weighted by Gasteiger charge is -2.41. The molecule has 3 atom stereocenters. The van der Waals surface area contributed by atoms with Crippen molar-refractivity contribution in [2.45, 2.75) is 65.5 Å². The number of benzene rings is 1. The standard InChI is InChI=1S/C26H38ClN3O3/c1-17-14-29(9-10-30(17)26(32)20-6-4-5-7-20)15-22-12-23(27)13-24(18(22)2)28-25(31)19(3)21-8-11-33-16-21/h12-13,17,19-21H,4-11,14-16H2,1-3H3,(H,28,31). The molecule has 3 fully saturated rings. The van der Waals surface area contributed by atoms with E-state index in [1.54, 1.807) is 0 Å². The van der Waals surface area contributed by atoms with E-state index in [4.69, 9.17) is 16.3 Å². The summed E-state index contributed by atoms with van der Waals surface area (Å²) in [6, 6.07) is 4.05. The van der Waals surface area contributed by atoms with Crippen LogP contribution in [0.15, 0.2) is 12.1 Å². The van der Waals surface area contributed by atoms with Crippen molar-refractivity contribution in [1.82, 2.24) is 9.80 Å². The van der Waals surface area contributed by atoms with E-state index >= 15 is 0 Å². The van der Waals surface area contributed by atoms with E-state index in [2.05, 4.69) is 22.0 Å². The monoisotopic (exact) mass is 475 g/mol. The van der Waals surface area contributed by atoms with Crippen LogP contribution in [0.1, 0.15) is 57.1 Å². The molecule has 1 aromatic carbocycles. The Morgan fingerprint density at radius 3 is 2.64 bits per heavy atom. The van der Waals surface area contributed by atoms with Gasteiger partial charge in [-0.05, 0) is 62.3 Å². The molecule has 6 nitrogen and oxygen atoms in total. The number of carbonyl (C=O) groups excluding carboxylic acids is 2. The summed E-state index contributed by atoms with van der Waals surface area (Å²) in [5, 5.41) is 3.75. The Bertz CT molecular complexity index is 865. The van der Waals surface area contributed by atoms with Gasteiger partial charge in [-0.25, -0.2) is 0 Å². The van der Waals surface area contributed by atoms with Crippen LogP contribution < -0.4 is 5.32 Å². The van der Waals surface area contributed by atoms with E-state index in [0.29, 0.717) is 17.5 Å². The Labute approximate surface area is 203 Å². The maximum absolute atomic E-state index is 12.9. The Hall–Kier alpha value is -1.63. The summed E-state index contributed by atoms with van der Waals surface area (Å²) in [7, 11) is 0. The molecule has 33 heavy (non-hydrogen) atoms. The second-order valence-corrected chi connectivity index (χ2v) is 10.7. The van der Waals surface area contributed by atoms with Gasteiger partial charge in [-0.2, -0.15) is 0 Å². The molecule has 3 unspecified atom stereocenters. The number of halogens is 1. The van der Waals surface area contributed by atoms with Crippen molar-refractivity contribution in [3.05, 3.63) is 28.3 Å². The lowest BCUT2D eigenvalue weighted by Crippen LogP contribution is -2.54. The summed E-state index contributed by atoms with van der Waals surface area (Å²) < 4.78 is 5.45. The topological polar surface area (TPSA) is 61.9 Å². The summed E-state index contributed by atoms with van der Waals surface area (Å²) >= 11 is 6.45. The van der Waals surface area contributed by atoms with Crippen molar-refractivity contribution in [3.63, 3.8) is 0 Å². The van der Waals surface area contributed by atoms with E-state index in [-0.39, 0.29) is 29.7 Å². The summed E-state index contributed by atoms with van der Waals surface area (Å²) in [5.41, 5.74) is 2.97. The molecular weight excluding hydrogens is 438 g/mol. The van der Waals surface area contributed by atoms with Crippen molar-refractivity contribution in [2.24, 2.45) is 17.8 Å². The van der Waals surface area contributed by atoms with Crippen molar-refractivity contribution >= 4 is 29.1 Å². The highest BCUT2D eigenvalue weighted by Crippen LogP contribution is 2.30. The van der Waals surface area contributed by atoms with Crippen LogP contribution in [-0.4, -0.2) is 60.5 Å². The van der Waals surface area contributed by atoms with Gasteiger partial charge in [-0.15, -0.1) is 0 Å². The van der Waals surface area contributed by atoms with E-state index in [1.165, 1.54) is 12.8 Å². The third kappa shape index (κ3) is 5.72. The molecule has 4 rings (SSSR count). The average Bonchev–Trinajstić information content (AvgIpc) is 3.50. The fraction of sp³-hybridized carbons (Fsp3) is 0.692. The number of piperazine rings is 1. The number of nitrogens with zero attached hydrogens (tertiary/aromatic N) is 2. The number of carbonyl (C=O) groups is 2. The molecule has 2 amide bonds. The first-order valence-corrected chi connectivity index (χ1v) is 12.9. The first kappa shape index (κ1) is 24.5. The Morgan fingerprint density at radius 2 is 1.97 bits per heavy atom. The molecule has 182 valence electrons. The molecule has 0 spiro atoms. The van der Waals surface area contributed by atoms with Gasteiger partial charge in [0.15, 0.2) is 0 Å². The van der Waals surface area contributed by atoms with Crippen LogP contribution in [-0.2, 0) is 20.9 Å². The second-order valence-electron chi connectivity index (χ2n) is 10.2. The van der Waals surface area contributed by atoms with Gasteiger partial charge in [0.1, 0.15) is 0 Å². The molecule has 0 radical (unpaired) electrons. The first-order valence-electron chi connectivity index (χ1n) is 12.5. The van der Waals surface area contributed by atoms with Crippen LogP contribution in [0.3, 0.4) is 0 Å². The maximum Gasteiger partial charge on any atom is 0.227 e. The molecule has 2 aliphatic heterocycles. The first-order chi connectivity index (χ1) is 15.8. The maximum atomic E-state index is 12.9. The van der Waals surface area contributed by atoms with Crippen molar-refractivity contribution in [2.75, 3.05) is 38.2 Å². The van der Waals surface area contributed by atoms with Gasteiger partial charge in [-0.1, -0.05) is 31.4 Å². The minimum absolute atomic E-state index is 0.0227. The van der Waals surface area contributed by atoms with Crippen molar-refractivity contribution in [3.8, 4) is 0 Å². The fourth-order valence-corrected chi connectivity index (χ4v) is 5.83. The number of ether oxygens (including phenoxy) is 1.